The first-order valence-corrected chi connectivity index (χ1v) is 7.45. The molecule has 2 aromatic rings. The van der Waals surface area contributed by atoms with Crippen molar-refractivity contribution in [2.24, 2.45) is 0 Å². The lowest BCUT2D eigenvalue weighted by Gasteiger charge is -2.34. The van der Waals surface area contributed by atoms with E-state index in [1.165, 1.54) is 0 Å². The molecule has 3 heteroatoms. The fourth-order valence-electron chi connectivity index (χ4n) is 2.86. The van der Waals surface area contributed by atoms with Crippen LogP contribution >= 0.6 is 0 Å². The van der Waals surface area contributed by atoms with Crippen LogP contribution in [0.4, 0.5) is 0 Å². The third-order valence-corrected chi connectivity index (χ3v) is 3.94. The van der Waals surface area contributed by atoms with Crippen molar-refractivity contribution in [2.45, 2.75) is 6.04 Å². The number of nitrogens with zero attached hydrogens (tertiary/aromatic N) is 1. The number of carbonyl (C=O) groups excluding carboxylic acids is 1. The summed E-state index contributed by atoms with van der Waals surface area (Å²) in [6, 6.07) is 19.5. The van der Waals surface area contributed by atoms with E-state index in [-0.39, 0.29) is 11.8 Å². The normalized spacial score (nSPS) is 17.3. The minimum atomic E-state index is -0.185. The average Bonchev–Trinajstić information content (AvgIpc) is 2.58. The first kappa shape index (κ1) is 14.0. The molecule has 1 atom stereocenters. The average molecular weight is 280 g/mol. The molecule has 0 radical (unpaired) electrons. The van der Waals surface area contributed by atoms with E-state index in [0.29, 0.717) is 0 Å². The Bertz CT molecular complexity index is 577. The van der Waals surface area contributed by atoms with Gasteiger partial charge in [0.15, 0.2) is 5.78 Å². The maximum Gasteiger partial charge on any atom is 0.184 e. The molecule has 0 saturated carbocycles. The number of benzene rings is 2. The highest BCUT2D eigenvalue weighted by atomic mass is 16.1. The lowest BCUT2D eigenvalue weighted by molar-refractivity contribution is 0.0795. The maximum absolute atomic E-state index is 13.0. The van der Waals surface area contributed by atoms with Crippen LogP contribution in [0.1, 0.15) is 22.0 Å². The molecule has 3 nitrogen and oxygen atoms in total. The van der Waals surface area contributed by atoms with Crippen molar-refractivity contribution in [3.05, 3.63) is 71.8 Å². The first-order chi connectivity index (χ1) is 10.4. The Morgan fingerprint density at radius 2 is 1.48 bits per heavy atom. The van der Waals surface area contributed by atoms with Gasteiger partial charge in [0.2, 0.25) is 0 Å². The molecule has 0 amide bonds. The summed E-state index contributed by atoms with van der Waals surface area (Å²) < 4.78 is 0. The first-order valence-electron chi connectivity index (χ1n) is 7.45. The van der Waals surface area contributed by atoms with E-state index in [0.717, 1.165) is 37.3 Å². The number of Topliss-reactive ketones (excluding diaryl/α,β-unsaturated/α-hetero) is 1. The second kappa shape index (κ2) is 6.66. The zero-order valence-corrected chi connectivity index (χ0v) is 12.0. The Balaban J connectivity index is 1.94. The van der Waals surface area contributed by atoms with Gasteiger partial charge in [0, 0.05) is 31.7 Å². The Kier molecular flexibility index (Phi) is 4.43. The van der Waals surface area contributed by atoms with Crippen molar-refractivity contribution in [2.75, 3.05) is 26.2 Å². The Hall–Kier alpha value is -1.97. The second-order valence-corrected chi connectivity index (χ2v) is 5.33. The van der Waals surface area contributed by atoms with Gasteiger partial charge in [0.1, 0.15) is 0 Å². The van der Waals surface area contributed by atoms with Crippen LogP contribution in [0.15, 0.2) is 60.7 Å². The molecular formula is C18H20N2O. The molecule has 1 unspecified atom stereocenters. The van der Waals surface area contributed by atoms with Gasteiger partial charge >= 0.3 is 0 Å². The summed E-state index contributed by atoms with van der Waals surface area (Å²) in [5, 5.41) is 3.35. The summed E-state index contributed by atoms with van der Waals surface area (Å²) in [6.45, 7) is 3.67. The quantitative estimate of drug-likeness (QED) is 0.873. The molecule has 1 heterocycles. The Morgan fingerprint density at radius 3 is 2.10 bits per heavy atom. The van der Waals surface area contributed by atoms with Gasteiger partial charge in [0.25, 0.3) is 0 Å². The topological polar surface area (TPSA) is 32.3 Å². The number of nitrogens with one attached hydrogen (secondary N) is 1. The molecule has 1 N–H and O–H groups in total. The van der Waals surface area contributed by atoms with E-state index >= 15 is 0 Å². The molecule has 3 rings (SSSR count). The van der Waals surface area contributed by atoms with E-state index in [9.17, 15) is 4.79 Å². The zero-order valence-electron chi connectivity index (χ0n) is 12.0. The third kappa shape index (κ3) is 3.20. The second-order valence-electron chi connectivity index (χ2n) is 5.33. The SMILES string of the molecule is O=C(c1ccccc1)C(c1ccccc1)N1CCNCC1. The molecule has 108 valence electrons. The van der Waals surface area contributed by atoms with E-state index in [2.05, 4.69) is 10.2 Å². The van der Waals surface area contributed by atoms with Crippen LogP contribution in [0.2, 0.25) is 0 Å². The molecule has 21 heavy (non-hydrogen) atoms. The van der Waals surface area contributed by atoms with Gasteiger partial charge < -0.3 is 5.32 Å². The number of ketones is 1. The van der Waals surface area contributed by atoms with E-state index in [1.54, 1.807) is 0 Å². The molecule has 1 saturated heterocycles. The van der Waals surface area contributed by atoms with Gasteiger partial charge in [-0.05, 0) is 5.56 Å². The van der Waals surface area contributed by atoms with Crippen LogP contribution in [0.25, 0.3) is 0 Å². The summed E-state index contributed by atoms with van der Waals surface area (Å²) >= 11 is 0. The van der Waals surface area contributed by atoms with Crippen molar-refractivity contribution in [1.29, 1.82) is 0 Å². The largest absolute Gasteiger partial charge is 0.314 e. The maximum atomic E-state index is 13.0. The Labute approximate surface area is 125 Å². The van der Waals surface area contributed by atoms with Crippen LogP contribution in [-0.4, -0.2) is 36.9 Å². The molecule has 1 aliphatic heterocycles. The van der Waals surface area contributed by atoms with Gasteiger partial charge in [-0.25, -0.2) is 0 Å². The summed E-state index contributed by atoms with van der Waals surface area (Å²) in [4.78, 5) is 15.3. The predicted molar refractivity (Wildman–Crippen MR) is 84.4 cm³/mol. The van der Waals surface area contributed by atoms with Crippen LogP contribution < -0.4 is 5.32 Å². The van der Waals surface area contributed by atoms with Crippen LogP contribution in [-0.2, 0) is 0 Å². The molecule has 0 aromatic heterocycles. The summed E-state index contributed by atoms with van der Waals surface area (Å²) in [6.07, 6.45) is 0. The van der Waals surface area contributed by atoms with E-state index in [4.69, 9.17) is 0 Å². The third-order valence-electron chi connectivity index (χ3n) is 3.94. The molecule has 0 spiro atoms. The van der Waals surface area contributed by atoms with Gasteiger partial charge in [-0.2, -0.15) is 0 Å². The molecule has 2 aromatic carbocycles. The van der Waals surface area contributed by atoms with Crippen LogP contribution in [0, 0.1) is 0 Å². The zero-order chi connectivity index (χ0) is 14.5. The van der Waals surface area contributed by atoms with Crippen molar-refractivity contribution in [3.8, 4) is 0 Å². The number of carbonyl (C=O) groups is 1. The molecule has 1 aliphatic rings. The van der Waals surface area contributed by atoms with Gasteiger partial charge in [-0.1, -0.05) is 60.7 Å². The summed E-state index contributed by atoms with van der Waals surface area (Å²) in [7, 11) is 0. The van der Waals surface area contributed by atoms with Gasteiger partial charge in [0.05, 0.1) is 6.04 Å². The summed E-state index contributed by atoms with van der Waals surface area (Å²) in [5.41, 5.74) is 1.86. The molecule has 0 bridgehead atoms. The molecule has 0 aliphatic carbocycles. The van der Waals surface area contributed by atoms with E-state index in [1.807, 2.05) is 60.7 Å². The van der Waals surface area contributed by atoms with Crippen LogP contribution in [0.5, 0.6) is 0 Å². The minimum Gasteiger partial charge on any atom is -0.314 e. The minimum absolute atomic E-state index is 0.184. The lowest BCUT2D eigenvalue weighted by Crippen LogP contribution is -2.47. The predicted octanol–water partition coefficient (Wildman–Crippen LogP) is 2.52. The summed E-state index contributed by atoms with van der Waals surface area (Å²) in [5.74, 6) is 0.184. The fraction of sp³-hybridized carbons (Fsp3) is 0.278. The van der Waals surface area contributed by atoms with Gasteiger partial charge in [-0.15, -0.1) is 0 Å². The smallest absolute Gasteiger partial charge is 0.184 e. The number of hydrogen-bond donors (Lipinski definition) is 1. The fourth-order valence-corrected chi connectivity index (χ4v) is 2.86. The highest BCUT2D eigenvalue weighted by Crippen LogP contribution is 2.25. The van der Waals surface area contributed by atoms with Crippen molar-refractivity contribution in [1.82, 2.24) is 10.2 Å². The molecular weight excluding hydrogens is 260 g/mol. The van der Waals surface area contributed by atoms with Crippen molar-refractivity contribution < 1.29 is 4.79 Å². The lowest BCUT2D eigenvalue weighted by atomic mass is 9.95. The number of hydrogen-bond acceptors (Lipinski definition) is 3. The highest BCUT2D eigenvalue weighted by Gasteiger charge is 2.29. The molecule has 1 fully saturated rings. The van der Waals surface area contributed by atoms with Crippen molar-refractivity contribution >= 4 is 5.78 Å². The monoisotopic (exact) mass is 280 g/mol. The Morgan fingerprint density at radius 1 is 0.905 bits per heavy atom. The van der Waals surface area contributed by atoms with Crippen LogP contribution in [0.3, 0.4) is 0 Å². The van der Waals surface area contributed by atoms with Crippen molar-refractivity contribution in [3.63, 3.8) is 0 Å². The standard InChI is InChI=1S/C18H20N2O/c21-18(16-9-5-2-6-10-16)17(15-7-3-1-4-8-15)20-13-11-19-12-14-20/h1-10,17,19H,11-14H2. The van der Waals surface area contributed by atoms with Gasteiger partial charge in [-0.3, -0.25) is 9.69 Å². The number of rotatable bonds is 4. The number of piperazine rings is 1. The highest BCUT2D eigenvalue weighted by molar-refractivity contribution is 6.00. The van der Waals surface area contributed by atoms with E-state index < -0.39 is 0 Å².